The summed E-state index contributed by atoms with van der Waals surface area (Å²) in [5.74, 6) is 0. The topological polar surface area (TPSA) is 24.9 Å². The van der Waals surface area contributed by atoms with E-state index in [1.165, 1.54) is 24.0 Å². The summed E-state index contributed by atoms with van der Waals surface area (Å²) in [6.45, 7) is 5.40. The summed E-state index contributed by atoms with van der Waals surface area (Å²) in [6, 6.07) is 2.72. The van der Waals surface area contributed by atoms with Crippen LogP contribution in [0.15, 0.2) is 12.3 Å². The van der Waals surface area contributed by atoms with Gasteiger partial charge in [0, 0.05) is 17.9 Å². The van der Waals surface area contributed by atoms with Gasteiger partial charge in [0.2, 0.25) is 0 Å². The Morgan fingerprint density at radius 1 is 1.46 bits per heavy atom. The average molecular weight is 176 g/mol. The molecule has 0 amide bonds. The molecule has 0 saturated carbocycles. The maximum atomic E-state index is 4.28. The second-order valence-electron chi connectivity index (χ2n) is 3.76. The van der Waals surface area contributed by atoms with Gasteiger partial charge < -0.3 is 5.32 Å². The lowest BCUT2D eigenvalue weighted by Crippen LogP contribution is -2.14. The van der Waals surface area contributed by atoms with Crippen LogP contribution in [0.5, 0.6) is 0 Å². The molecule has 70 valence electrons. The van der Waals surface area contributed by atoms with E-state index in [4.69, 9.17) is 0 Å². The Balaban J connectivity index is 2.33. The van der Waals surface area contributed by atoms with Gasteiger partial charge in [0.1, 0.15) is 0 Å². The summed E-state index contributed by atoms with van der Waals surface area (Å²) in [5.41, 5.74) is 3.94. The van der Waals surface area contributed by atoms with Crippen LogP contribution in [0.4, 0.5) is 0 Å². The molecule has 1 aromatic rings. The lowest BCUT2D eigenvalue weighted by Gasteiger charge is -2.14. The number of nitrogens with zero attached hydrogens (tertiary/aromatic N) is 1. The fourth-order valence-electron chi connectivity index (χ4n) is 1.99. The van der Waals surface area contributed by atoms with E-state index in [2.05, 4.69) is 30.2 Å². The first-order chi connectivity index (χ1) is 6.29. The van der Waals surface area contributed by atoms with E-state index in [1.807, 2.05) is 6.20 Å². The van der Waals surface area contributed by atoms with Crippen molar-refractivity contribution in [2.45, 2.75) is 32.7 Å². The molecule has 0 radical (unpaired) electrons. The molecule has 0 aliphatic carbocycles. The van der Waals surface area contributed by atoms with Crippen molar-refractivity contribution in [1.29, 1.82) is 0 Å². The molecule has 1 aromatic heterocycles. The van der Waals surface area contributed by atoms with Crippen molar-refractivity contribution < 1.29 is 0 Å². The van der Waals surface area contributed by atoms with E-state index in [0.717, 1.165) is 12.2 Å². The highest BCUT2D eigenvalue weighted by molar-refractivity contribution is 5.31. The maximum Gasteiger partial charge on any atom is 0.0405 e. The van der Waals surface area contributed by atoms with Gasteiger partial charge in [-0.15, -0.1) is 0 Å². The zero-order valence-corrected chi connectivity index (χ0v) is 8.30. The number of pyridine rings is 1. The quantitative estimate of drug-likeness (QED) is 0.709. The first kappa shape index (κ1) is 8.70. The fraction of sp³-hybridized carbons (Fsp3) is 0.545. The number of aromatic nitrogens is 1. The third-order valence-corrected chi connectivity index (χ3v) is 2.93. The lowest BCUT2D eigenvalue weighted by molar-refractivity contribution is 0.641. The molecule has 1 aliphatic rings. The molecule has 0 aromatic carbocycles. The molecular weight excluding hydrogens is 160 g/mol. The smallest absolute Gasteiger partial charge is 0.0405 e. The SMILES string of the molecule is Cc1nccc(C2CCCN2)c1C. The van der Waals surface area contributed by atoms with Gasteiger partial charge in [0.15, 0.2) is 0 Å². The molecular formula is C11H16N2. The van der Waals surface area contributed by atoms with Gasteiger partial charge in [0.25, 0.3) is 0 Å². The Hall–Kier alpha value is -0.890. The van der Waals surface area contributed by atoms with Crippen LogP contribution in [-0.2, 0) is 0 Å². The van der Waals surface area contributed by atoms with Crippen molar-refractivity contribution in [1.82, 2.24) is 10.3 Å². The fourth-order valence-corrected chi connectivity index (χ4v) is 1.99. The van der Waals surface area contributed by atoms with E-state index < -0.39 is 0 Å². The van der Waals surface area contributed by atoms with Crippen LogP contribution in [0, 0.1) is 13.8 Å². The maximum absolute atomic E-state index is 4.28. The third-order valence-electron chi connectivity index (χ3n) is 2.93. The standard InChI is InChI=1S/C11H16N2/c1-8-9(2)12-7-5-10(8)11-4-3-6-13-11/h5,7,11,13H,3-4,6H2,1-2H3. The van der Waals surface area contributed by atoms with Crippen LogP contribution < -0.4 is 5.32 Å². The average Bonchev–Trinajstić information content (AvgIpc) is 2.62. The van der Waals surface area contributed by atoms with Crippen molar-refractivity contribution in [3.63, 3.8) is 0 Å². The Labute approximate surface area is 79.4 Å². The molecule has 0 spiro atoms. The van der Waals surface area contributed by atoms with Crippen LogP contribution >= 0.6 is 0 Å². The third kappa shape index (κ3) is 1.59. The Morgan fingerprint density at radius 3 is 3.00 bits per heavy atom. The highest BCUT2D eigenvalue weighted by Gasteiger charge is 2.18. The lowest BCUT2D eigenvalue weighted by atomic mass is 10.0. The predicted molar refractivity (Wildman–Crippen MR) is 53.7 cm³/mol. The van der Waals surface area contributed by atoms with Gasteiger partial charge in [0.05, 0.1) is 0 Å². The van der Waals surface area contributed by atoms with E-state index in [0.29, 0.717) is 6.04 Å². The second kappa shape index (κ2) is 3.46. The van der Waals surface area contributed by atoms with Crippen LogP contribution in [0.25, 0.3) is 0 Å². The minimum absolute atomic E-state index is 0.571. The van der Waals surface area contributed by atoms with Gasteiger partial charge >= 0.3 is 0 Å². The van der Waals surface area contributed by atoms with Crippen LogP contribution in [-0.4, -0.2) is 11.5 Å². The molecule has 2 nitrogen and oxygen atoms in total. The first-order valence-electron chi connectivity index (χ1n) is 4.94. The van der Waals surface area contributed by atoms with Gasteiger partial charge in [-0.1, -0.05) is 0 Å². The minimum Gasteiger partial charge on any atom is -0.310 e. The monoisotopic (exact) mass is 176 g/mol. The van der Waals surface area contributed by atoms with Gasteiger partial charge in [-0.3, -0.25) is 4.98 Å². The summed E-state index contributed by atoms with van der Waals surface area (Å²) < 4.78 is 0. The molecule has 1 unspecified atom stereocenters. The van der Waals surface area contributed by atoms with E-state index >= 15 is 0 Å². The molecule has 2 heterocycles. The molecule has 2 rings (SSSR count). The number of rotatable bonds is 1. The van der Waals surface area contributed by atoms with Crippen molar-refractivity contribution in [3.8, 4) is 0 Å². The predicted octanol–water partition coefficient (Wildman–Crippen LogP) is 2.12. The molecule has 13 heavy (non-hydrogen) atoms. The number of aryl methyl sites for hydroxylation is 1. The molecule has 1 aliphatic heterocycles. The summed E-state index contributed by atoms with van der Waals surface area (Å²) in [4.78, 5) is 4.28. The molecule has 2 heteroatoms. The Kier molecular flexibility index (Phi) is 2.32. The number of hydrogen-bond donors (Lipinski definition) is 1. The van der Waals surface area contributed by atoms with E-state index in [9.17, 15) is 0 Å². The molecule has 1 N–H and O–H groups in total. The normalized spacial score (nSPS) is 22.2. The highest BCUT2D eigenvalue weighted by atomic mass is 14.9. The largest absolute Gasteiger partial charge is 0.310 e. The summed E-state index contributed by atoms with van der Waals surface area (Å²) in [6.07, 6.45) is 4.48. The van der Waals surface area contributed by atoms with Crippen LogP contribution in [0.1, 0.15) is 35.7 Å². The number of nitrogens with one attached hydrogen (secondary N) is 1. The molecule has 0 bridgehead atoms. The van der Waals surface area contributed by atoms with Crippen molar-refractivity contribution in [2.75, 3.05) is 6.54 Å². The van der Waals surface area contributed by atoms with Gasteiger partial charge in [-0.25, -0.2) is 0 Å². The zero-order chi connectivity index (χ0) is 9.26. The minimum atomic E-state index is 0.571. The first-order valence-corrected chi connectivity index (χ1v) is 4.94. The van der Waals surface area contributed by atoms with Crippen molar-refractivity contribution >= 4 is 0 Å². The summed E-state index contributed by atoms with van der Waals surface area (Å²) in [5, 5.41) is 3.51. The second-order valence-corrected chi connectivity index (χ2v) is 3.76. The summed E-state index contributed by atoms with van der Waals surface area (Å²) >= 11 is 0. The van der Waals surface area contributed by atoms with Crippen molar-refractivity contribution in [3.05, 3.63) is 29.1 Å². The van der Waals surface area contributed by atoms with Gasteiger partial charge in [-0.05, 0) is 50.4 Å². The summed E-state index contributed by atoms with van der Waals surface area (Å²) in [7, 11) is 0. The van der Waals surface area contributed by atoms with Crippen LogP contribution in [0.3, 0.4) is 0 Å². The van der Waals surface area contributed by atoms with Crippen LogP contribution in [0.2, 0.25) is 0 Å². The van der Waals surface area contributed by atoms with Crippen molar-refractivity contribution in [2.24, 2.45) is 0 Å². The molecule has 1 fully saturated rings. The van der Waals surface area contributed by atoms with Gasteiger partial charge in [-0.2, -0.15) is 0 Å². The number of hydrogen-bond acceptors (Lipinski definition) is 2. The molecule has 1 saturated heterocycles. The Bertz CT molecular complexity index is 301. The highest BCUT2D eigenvalue weighted by Crippen LogP contribution is 2.26. The zero-order valence-electron chi connectivity index (χ0n) is 8.30. The van der Waals surface area contributed by atoms with E-state index in [-0.39, 0.29) is 0 Å². The Morgan fingerprint density at radius 2 is 2.31 bits per heavy atom. The van der Waals surface area contributed by atoms with E-state index in [1.54, 1.807) is 0 Å². The molecule has 1 atom stereocenters.